The number of pyridine rings is 1. The topological polar surface area (TPSA) is 76.3 Å². The Morgan fingerprint density at radius 2 is 2.12 bits per heavy atom. The molecule has 7 heteroatoms. The Balaban J connectivity index is 1.76. The number of amides is 1. The fourth-order valence-electron chi connectivity index (χ4n) is 2.95. The number of nitro benzene ring substituents is 1. The monoisotopic (exact) mass is 371 g/mol. The number of hydrogen-bond acceptors (Lipinski definition) is 5. The van der Waals surface area contributed by atoms with Gasteiger partial charge in [0.15, 0.2) is 0 Å². The van der Waals surface area contributed by atoms with Crippen molar-refractivity contribution in [3.8, 4) is 0 Å². The van der Waals surface area contributed by atoms with E-state index in [0.717, 1.165) is 18.4 Å². The maximum atomic E-state index is 12.7. The van der Waals surface area contributed by atoms with Crippen molar-refractivity contribution in [2.24, 2.45) is 5.92 Å². The summed E-state index contributed by atoms with van der Waals surface area (Å²) in [6.07, 6.45) is 5.40. The quantitative estimate of drug-likeness (QED) is 0.448. The molecule has 0 bridgehead atoms. The van der Waals surface area contributed by atoms with E-state index in [2.05, 4.69) is 11.9 Å². The molecule has 0 unspecified atom stereocenters. The van der Waals surface area contributed by atoms with Gasteiger partial charge in [-0.25, -0.2) is 0 Å². The molecular weight excluding hydrogens is 350 g/mol. The summed E-state index contributed by atoms with van der Waals surface area (Å²) in [4.78, 5) is 30.1. The third kappa shape index (κ3) is 4.40. The van der Waals surface area contributed by atoms with Gasteiger partial charge in [0.25, 0.3) is 11.6 Å². The summed E-state index contributed by atoms with van der Waals surface area (Å²) in [5.74, 6) is 1.09. The van der Waals surface area contributed by atoms with Crippen molar-refractivity contribution in [3.05, 3.63) is 64.0 Å². The minimum Gasteiger partial charge on any atom is -0.339 e. The van der Waals surface area contributed by atoms with Crippen LogP contribution >= 0.6 is 11.8 Å². The molecule has 1 saturated heterocycles. The maximum absolute atomic E-state index is 12.7. The number of piperidine rings is 1. The third-order valence-corrected chi connectivity index (χ3v) is 5.72. The number of benzene rings is 1. The van der Waals surface area contributed by atoms with Crippen LogP contribution < -0.4 is 0 Å². The molecule has 1 aromatic heterocycles. The molecule has 1 aromatic carbocycles. The van der Waals surface area contributed by atoms with Crippen molar-refractivity contribution in [1.29, 1.82) is 0 Å². The van der Waals surface area contributed by atoms with E-state index >= 15 is 0 Å². The molecule has 0 N–H and O–H groups in total. The Morgan fingerprint density at radius 3 is 2.77 bits per heavy atom. The number of rotatable bonds is 5. The molecule has 1 aliphatic rings. The van der Waals surface area contributed by atoms with Gasteiger partial charge in [0, 0.05) is 42.9 Å². The number of carbonyl (C=O) groups excluding carboxylic acids is 1. The summed E-state index contributed by atoms with van der Waals surface area (Å²) in [6.45, 7) is 3.61. The molecule has 2 aromatic rings. The minimum atomic E-state index is -0.416. The predicted molar refractivity (Wildman–Crippen MR) is 101 cm³/mol. The summed E-state index contributed by atoms with van der Waals surface area (Å²) in [6, 6.07) is 8.55. The van der Waals surface area contributed by atoms with Crippen LogP contribution in [0.4, 0.5) is 5.69 Å². The van der Waals surface area contributed by atoms with Gasteiger partial charge in [0.05, 0.1) is 9.82 Å². The number of hydrogen-bond donors (Lipinski definition) is 0. The summed E-state index contributed by atoms with van der Waals surface area (Å²) >= 11 is 1.38. The van der Waals surface area contributed by atoms with Gasteiger partial charge in [-0.3, -0.25) is 19.9 Å². The zero-order valence-electron chi connectivity index (χ0n) is 14.6. The molecule has 0 radical (unpaired) electrons. The molecular formula is C19H21N3O3S. The number of carbonyl (C=O) groups is 1. The predicted octanol–water partition coefficient (Wildman–Crippen LogP) is 4.15. The number of thioether (sulfide) groups is 1. The lowest BCUT2D eigenvalue weighted by atomic mass is 9.98. The zero-order valence-corrected chi connectivity index (χ0v) is 15.4. The second-order valence-electron chi connectivity index (χ2n) is 6.56. The van der Waals surface area contributed by atoms with Crippen LogP contribution in [0.3, 0.4) is 0 Å². The maximum Gasteiger partial charge on any atom is 0.283 e. The molecule has 26 heavy (non-hydrogen) atoms. The van der Waals surface area contributed by atoms with Gasteiger partial charge in [0.2, 0.25) is 0 Å². The van der Waals surface area contributed by atoms with E-state index in [9.17, 15) is 14.9 Å². The van der Waals surface area contributed by atoms with Crippen molar-refractivity contribution in [2.75, 3.05) is 13.1 Å². The van der Waals surface area contributed by atoms with E-state index in [1.54, 1.807) is 29.4 Å². The Kier molecular flexibility index (Phi) is 5.88. The standard InChI is InChI=1S/C19H21N3O3S/c1-14-6-9-21(10-7-14)19(23)16-4-5-18(17(11-16)22(24)25)26-13-15-3-2-8-20-12-15/h2-5,8,11-12,14H,6-7,9-10,13H2,1H3. The van der Waals surface area contributed by atoms with E-state index in [-0.39, 0.29) is 11.6 Å². The Labute approximate surface area is 156 Å². The largest absolute Gasteiger partial charge is 0.339 e. The molecule has 1 fully saturated rings. The van der Waals surface area contributed by atoms with Crippen LogP contribution in [0.2, 0.25) is 0 Å². The van der Waals surface area contributed by atoms with Crippen molar-refractivity contribution >= 4 is 23.4 Å². The summed E-state index contributed by atoms with van der Waals surface area (Å²) in [5.41, 5.74) is 1.36. The molecule has 0 aliphatic carbocycles. The Hall–Kier alpha value is -2.41. The number of nitrogens with zero attached hydrogens (tertiary/aromatic N) is 3. The highest BCUT2D eigenvalue weighted by Gasteiger charge is 2.24. The average molecular weight is 371 g/mol. The summed E-state index contributed by atoms with van der Waals surface area (Å²) in [5, 5.41) is 11.5. The fraction of sp³-hybridized carbons (Fsp3) is 0.368. The van der Waals surface area contributed by atoms with Crippen molar-refractivity contribution in [1.82, 2.24) is 9.88 Å². The second-order valence-corrected chi connectivity index (χ2v) is 7.58. The highest BCUT2D eigenvalue weighted by Crippen LogP contribution is 2.32. The highest BCUT2D eigenvalue weighted by molar-refractivity contribution is 7.98. The number of likely N-dealkylation sites (tertiary alicyclic amines) is 1. The minimum absolute atomic E-state index is 0.0184. The number of aromatic nitrogens is 1. The van der Waals surface area contributed by atoms with Crippen molar-refractivity contribution < 1.29 is 9.72 Å². The summed E-state index contributed by atoms with van der Waals surface area (Å²) in [7, 11) is 0. The molecule has 6 nitrogen and oxygen atoms in total. The van der Waals surface area contributed by atoms with Gasteiger partial charge in [-0.05, 0) is 42.5 Å². The van der Waals surface area contributed by atoms with E-state index in [1.807, 2.05) is 12.1 Å². The third-order valence-electron chi connectivity index (χ3n) is 4.59. The van der Waals surface area contributed by atoms with Crippen LogP contribution in [-0.2, 0) is 5.75 Å². The van der Waals surface area contributed by atoms with Gasteiger partial charge < -0.3 is 4.90 Å². The molecule has 0 saturated carbocycles. The average Bonchev–Trinajstić information content (AvgIpc) is 2.67. The van der Waals surface area contributed by atoms with E-state index in [1.165, 1.54) is 17.8 Å². The SMILES string of the molecule is CC1CCN(C(=O)c2ccc(SCc3cccnc3)c([N+](=O)[O-])c2)CC1. The van der Waals surface area contributed by atoms with Crippen molar-refractivity contribution in [3.63, 3.8) is 0 Å². The molecule has 3 rings (SSSR count). The molecule has 0 atom stereocenters. The van der Waals surface area contributed by atoms with Gasteiger partial charge in [-0.15, -0.1) is 11.8 Å². The molecule has 136 valence electrons. The first-order valence-electron chi connectivity index (χ1n) is 8.64. The van der Waals surface area contributed by atoms with Gasteiger partial charge in [0.1, 0.15) is 0 Å². The lowest BCUT2D eigenvalue weighted by Crippen LogP contribution is -2.37. The van der Waals surface area contributed by atoms with E-state index in [4.69, 9.17) is 0 Å². The van der Waals surface area contributed by atoms with Crippen LogP contribution in [0.5, 0.6) is 0 Å². The van der Waals surface area contributed by atoms with E-state index < -0.39 is 4.92 Å². The zero-order chi connectivity index (χ0) is 18.5. The molecule has 2 heterocycles. The number of nitro groups is 1. The first-order chi connectivity index (χ1) is 12.5. The molecule has 1 aliphatic heterocycles. The lowest BCUT2D eigenvalue weighted by Gasteiger charge is -2.30. The van der Waals surface area contributed by atoms with Gasteiger partial charge >= 0.3 is 0 Å². The van der Waals surface area contributed by atoms with Crippen LogP contribution in [0.1, 0.15) is 35.7 Å². The molecule has 0 spiro atoms. The summed E-state index contributed by atoms with van der Waals surface area (Å²) < 4.78 is 0. The first-order valence-corrected chi connectivity index (χ1v) is 9.62. The van der Waals surface area contributed by atoms with Crippen LogP contribution in [0, 0.1) is 16.0 Å². The smallest absolute Gasteiger partial charge is 0.283 e. The first kappa shape index (κ1) is 18.4. The molecule has 1 amide bonds. The highest BCUT2D eigenvalue weighted by atomic mass is 32.2. The fourth-order valence-corrected chi connectivity index (χ4v) is 3.89. The Morgan fingerprint density at radius 1 is 1.35 bits per heavy atom. The van der Waals surface area contributed by atoms with Gasteiger partial charge in [-0.2, -0.15) is 0 Å². The Bertz CT molecular complexity index is 790. The second kappa shape index (κ2) is 8.31. The van der Waals surface area contributed by atoms with Crippen molar-refractivity contribution in [2.45, 2.75) is 30.4 Å². The van der Waals surface area contributed by atoms with Gasteiger partial charge in [-0.1, -0.05) is 13.0 Å². The lowest BCUT2D eigenvalue weighted by molar-refractivity contribution is -0.387. The normalized spacial score (nSPS) is 15.0. The van der Waals surface area contributed by atoms with Crippen LogP contribution in [0.15, 0.2) is 47.6 Å². The van der Waals surface area contributed by atoms with Crippen LogP contribution in [0.25, 0.3) is 0 Å². The van der Waals surface area contributed by atoms with E-state index in [0.29, 0.717) is 35.2 Å². The van der Waals surface area contributed by atoms with Crippen LogP contribution in [-0.4, -0.2) is 33.8 Å².